The van der Waals surface area contributed by atoms with Gasteiger partial charge in [-0.2, -0.15) is 0 Å². The number of hydrogen-bond donors (Lipinski definition) is 1. The Morgan fingerprint density at radius 3 is 1.90 bits per heavy atom. The van der Waals surface area contributed by atoms with Gasteiger partial charge in [-0.3, -0.25) is 0 Å². The first kappa shape index (κ1) is 14.8. The first-order valence-electron chi connectivity index (χ1n) is 7.48. The lowest BCUT2D eigenvalue weighted by Crippen LogP contribution is -2.37. The quantitative estimate of drug-likeness (QED) is 0.824. The van der Waals surface area contributed by atoms with E-state index in [-0.39, 0.29) is 0 Å². The number of nitrogens with one attached hydrogen (secondary N) is 1. The fourth-order valence-corrected chi connectivity index (χ4v) is 3.02. The third-order valence-corrected chi connectivity index (χ3v) is 4.01. The molecular formula is C19H25N. The van der Waals surface area contributed by atoms with E-state index < -0.39 is 0 Å². The topological polar surface area (TPSA) is 12.0 Å². The van der Waals surface area contributed by atoms with Crippen LogP contribution in [0.2, 0.25) is 0 Å². The third kappa shape index (κ3) is 3.71. The maximum absolute atomic E-state index is 3.52. The summed E-state index contributed by atoms with van der Waals surface area (Å²) in [6.45, 7) is 4.59. The van der Waals surface area contributed by atoms with Crippen LogP contribution in [-0.2, 0) is 6.42 Å². The highest BCUT2D eigenvalue weighted by Gasteiger charge is 2.24. The summed E-state index contributed by atoms with van der Waals surface area (Å²) in [6.07, 6.45) is 1.08. The van der Waals surface area contributed by atoms with E-state index in [0.717, 1.165) is 6.42 Å². The Labute approximate surface area is 123 Å². The van der Waals surface area contributed by atoms with Gasteiger partial charge in [0.05, 0.1) is 0 Å². The van der Waals surface area contributed by atoms with Crippen LogP contribution in [0.15, 0.2) is 60.7 Å². The van der Waals surface area contributed by atoms with Gasteiger partial charge in [0, 0.05) is 12.0 Å². The highest BCUT2D eigenvalue weighted by Crippen LogP contribution is 2.28. The number of benzene rings is 2. The van der Waals surface area contributed by atoms with Gasteiger partial charge < -0.3 is 5.32 Å². The van der Waals surface area contributed by atoms with Crippen LogP contribution < -0.4 is 5.32 Å². The zero-order valence-corrected chi connectivity index (χ0v) is 12.7. The zero-order valence-electron chi connectivity index (χ0n) is 12.7. The van der Waals surface area contributed by atoms with Crippen molar-refractivity contribution < 1.29 is 0 Å². The molecule has 106 valence electrons. The van der Waals surface area contributed by atoms with Gasteiger partial charge in [0.2, 0.25) is 0 Å². The molecule has 0 radical (unpaired) electrons. The molecule has 0 aromatic heterocycles. The van der Waals surface area contributed by atoms with E-state index in [1.807, 2.05) is 0 Å². The normalized spacial score (nSPS) is 14.2. The van der Waals surface area contributed by atoms with Crippen LogP contribution in [0.1, 0.15) is 30.9 Å². The van der Waals surface area contributed by atoms with Crippen molar-refractivity contribution in [3.05, 3.63) is 71.8 Å². The van der Waals surface area contributed by atoms with Gasteiger partial charge in [0.1, 0.15) is 0 Å². The van der Waals surface area contributed by atoms with Gasteiger partial charge in [-0.25, -0.2) is 0 Å². The molecule has 2 aromatic rings. The molecule has 0 fully saturated rings. The van der Waals surface area contributed by atoms with Gasteiger partial charge >= 0.3 is 0 Å². The van der Waals surface area contributed by atoms with Crippen LogP contribution in [0.5, 0.6) is 0 Å². The Kier molecular flexibility index (Phi) is 5.37. The Hall–Kier alpha value is -1.60. The Balaban J connectivity index is 2.29. The van der Waals surface area contributed by atoms with Gasteiger partial charge in [0.25, 0.3) is 0 Å². The zero-order chi connectivity index (χ0) is 14.4. The number of rotatable bonds is 6. The molecule has 0 bridgehead atoms. The number of likely N-dealkylation sites (N-methyl/N-ethyl adjacent to an activating group) is 1. The maximum Gasteiger partial charge on any atom is 0.0159 e. The first-order chi connectivity index (χ1) is 9.72. The van der Waals surface area contributed by atoms with Crippen molar-refractivity contribution in [2.75, 3.05) is 7.05 Å². The molecule has 0 aliphatic rings. The summed E-state index contributed by atoms with van der Waals surface area (Å²) in [5.74, 6) is 1.11. The van der Waals surface area contributed by atoms with E-state index >= 15 is 0 Å². The van der Waals surface area contributed by atoms with E-state index in [9.17, 15) is 0 Å². The largest absolute Gasteiger partial charge is 0.316 e. The molecule has 0 saturated heterocycles. The molecule has 2 unspecified atom stereocenters. The van der Waals surface area contributed by atoms with Crippen LogP contribution in [0.4, 0.5) is 0 Å². The summed E-state index contributed by atoms with van der Waals surface area (Å²) >= 11 is 0. The monoisotopic (exact) mass is 267 g/mol. The molecule has 2 atom stereocenters. The van der Waals surface area contributed by atoms with Gasteiger partial charge in [-0.1, -0.05) is 74.5 Å². The van der Waals surface area contributed by atoms with Gasteiger partial charge in [-0.15, -0.1) is 0 Å². The molecular weight excluding hydrogens is 242 g/mol. The molecule has 0 spiro atoms. The van der Waals surface area contributed by atoms with Gasteiger partial charge in [0.15, 0.2) is 0 Å². The van der Waals surface area contributed by atoms with E-state index in [1.165, 1.54) is 11.1 Å². The molecule has 0 heterocycles. The van der Waals surface area contributed by atoms with Gasteiger partial charge in [-0.05, 0) is 30.5 Å². The molecule has 2 aromatic carbocycles. The average Bonchev–Trinajstić information content (AvgIpc) is 2.48. The lowest BCUT2D eigenvalue weighted by Gasteiger charge is -2.30. The summed E-state index contributed by atoms with van der Waals surface area (Å²) in [7, 11) is 2.08. The fraction of sp³-hybridized carbons (Fsp3) is 0.368. The molecule has 1 N–H and O–H groups in total. The Morgan fingerprint density at radius 2 is 1.40 bits per heavy atom. The van der Waals surface area contributed by atoms with Crippen LogP contribution in [0.25, 0.3) is 0 Å². The minimum Gasteiger partial charge on any atom is -0.316 e. The summed E-state index contributed by atoms with van der Waals surface area (Å²) in [6, 6.07) is 22.1. The Morgan fingerprint density at radius 1 is 0.850 bits per heavy atom. The summed E-state index contributed by atoms with van der Waals surface area (Å²) in [5, 5.41) is 3.52. The molecule has 0 aliphatic heterocycles. The van der Waals surface area contributed by atoms with E-state index in [2.05, 4.69) is 86.9 Å². The van der Waals surface area contributed by atoms with Crippen molar-refractivity contribution in [2.24, 2.45) is 5.92 Å². The van der Waals surface area contributed by atoms with Crippen LogP contribution in [0, 0.1) is 5.92 Å². The third-order valence-electron chi connectivity index (χ3n) is 4.01. The molecule has 0 amide bonds. The summed E-state index contributed by atoms with van der Waals surface area (Å²) in [4.78, 5) is 0. The second-order valence-corrected chi connectivity index (χ2v) is 5.77. The number of hydrogen-bond acceptors (Lipinski definition) is 1. The highest BCUT2D eigenvalue weighted by atomic mass is 14.9. The predicted octanol–water partition coefficient (Wildman–Crippen LogP) is 4.26. The van der Waals surface area contributed by atoms with E-state index in [1.54, 1.807) is 0 Å². The van der Waals surface area contributed by atoms with Crippen molar-refractivity contribution in [3.8, 4) is 0 Å². The second-order valence-electron chi connectivity index (χ2n) is 5.77. The standard InChI is InChI=1S/C19H25N/c1-15(2)19(20-3)18(17-12-8-5-9-13-17)14-16-10-6-4-7-11-16/h4-13,15,18-20H,14H2,1-3H3. The first-order valence-corrected chi connectivity index (χ1v) is 7.48. The van der Waals surface area contributed by atoms with Crippen LogP contribution in [0.3, 0.4) is 0 Å². The second kappa shape index (κ2) is 7.25. The van der Waals surface area contributed by atoms with E-state index in [0.29, 0.717) is 17.9 Å². The average molecular weight is 267 g/mol. The lowest BCUT2D eigenvalue weighted by atomic mass is 9.81. The molecule has 0 saturated carbocycles. The fourth-order valence-electron chi connectivity index (χ4n) is 3.02. The van der Waals surface area contributed by atoms with Crippen molar-refractivity contribution in [1.29, 1.82) is 0 Å². The summed E-state index contributed by atoms with van der Waals surface area (Å²) in [5.41, 5.74) is 2.83. The highest BCUT2D eigenvalue weighted by molar-refractivity contribution is 5.26. The van der Waals surface area contributed by atoms with Crippen molar-refractivity contribution in [2.45, 2.75) is 32.2 Å². The van der Waals surface area contributed by atoms with Crippen molar-refractivity contribution in [1.82, 2.24) is 5.32 Å². The van der Waals surface area contributed by atoms with Crippen molar-refractivity contribution in [3.63, 3.8) is 0 Å². The van der Waals surface area contributed by atoms with E-state index in [4.69, 9.17) is 0 Å². The minimum atomic E-state index is 0.484. The SMILES string of the molecule is CNC(C(C)C)C(Cc1ccccc1)c1ccccc1. The Bertz CT molecular complexity index is 490. The molecule has 1 nitrogen and oxygen atoms in total. The van der Waals surface area contributed by atoms with Crippen molar-refractivity contribution >= 4 is 0 Å². The maximum atomic E-state index is 3.52. The molecule has 20 heavy (non-hydrogen) atoms. The molecule has 1 heteroatoms. The molecule has 2 rings (SSSR count). The smallest absolute Gasteiger partial charge is 0.0159 e. The van der Waals surface area contributed by atoms with Crippen LogP contribution >= 0.6 is 0 Å². The minimum absolute atomic E-state index is 0.484. The lowest BCUT2D eigenvalue weighted by molar-refractivity contribution is 0.359. The summed E-state index contributed by atoms with van der Waals surface area (Å²) < 4.78 is 0. The predicted molar refractivity (Wildman–Crippen MR) is 87.0 cm³/mol. The molecule has 0 aliphatic carbocycles. The van der Waals surface area contributed by atoms with Crippen LogP contribution in [-0.4, -0.2) is 13.1 Å².